The first-order chi connectivity index (χ1) is 9.65. The van der Waals surface area contributed by atoms with Crippen LogP contribution in [0, 0.1) is 5.92 Å². The van der Waals surface area contributed by atoms with Gasteiger partial charge in [0.15, 0.2) is 0 Å². The molecule has 2 N–H and O–H groups in total. The van der Waals surface area contributed by atoms with E-state index in [1.54, 1.807) is 0 Å². The number of hydrogen-bond donors (Lipinski definition) is 1. The van der Waals surface area contributed by atoms with E-state index >= 15 is 0 Å². The van der Waals surface area contributed by atoms with Crippen molar-refractivity contribution >= 4 is 10.9 Å². The molecule has 0 amide bonds. The minimum absolute atomic E-state index is 0.197. The molecule has 1 aromatic heterocycles. The normalized spacial score (nSPS) is 23.8. The van der Waals surface area contributed by atoms with Crippen LogP contribution < -0.4 is 5.73 Å². The van der Waals surface area contributed by atoms with Gasteiger partial charge in [-0.15, -0.1) is 0 Å². The molecule has 0 saturated carbocycles. The molecule has 0 spiro atoms. The predicted molar refractivity (Wildman–Crippen MR) is 83.5 cm³/mol. The molecule has 2 aromatic rings. The van der Waals surface area contributed by atoms with E-state index in [0.29, 0.717) is 5.92 Å². The highest BCUT2D eigenvalue weighted by atomic mass is 15.2. The largest absolute Gasteiger partial charge is 0.326 e. The molecule has 2 heterocycles. The molecular weight excluding hydrogens is 246 g/mol. The van der Waals surface area contributed by atoms with Crippen LogP contribution in [0.4, 0.5) is 0 Å². The molecule has 2 atom stereocenters. The lowest BCUT2D eigenvalue weighted by molar-refractivity contribution is 0.218. The number of nitrogens with zero attached hydrogens (tertiary/aromatic N) is 2. The average Bonchev–Trinajstić information content (AvgIpc) is 2.78. The minimum Gasteiger partial charge on any atom is -0.326 e. The lowest BCUT2D eigenvalue weighted by Gasteiger charge is -2.27. The second kappa shape index (κ2) is 5.51. The second-order valence-electron chi connectivity index (χ2n) is 6.21. The van der Waals surface area contributed by atoms with E-state index in [-0.39, 0.29) is 12.1 Å². The molecule has 3 nitrogen and oxygen atoms in total. The number of para-hydroxylation sites is 1. The van der Waals surface area contributed by atoms with Crippen molar-refractivity contribution in [3.63, 3.8) is 0 Å². The number of aromatic nitrogens is 1. The Morgan fingerprint density at radius 2 is 2.05 bits per heavy atom. The van der Waals surface area contributed by atoms with Crippen LogP contribution in [0.2, 0.25) is 0 Å². The van der Waals surface area contributed by atoms with E-state index in [2.05, 4.69) is 49.1 Å². The van der Waals surface area contributed by atoms with Gasteiger partial charge in [-0.1, -0.05) is 38.1 Å². The maximum absolute atomic E-state index is 6.34. The molecule has 2 unspecified atom stereocenters. The number of rotatable bonds is 3. The third kappa shape index (κ3) is 2.56. The fraction of sp³-hybridized carbons (Fsp3) is 0.471. The lowest BCUT2D eigenvalue weighted by Crippen LogP contribution is -2.34. The summed E-state index contributed by atoms with van der Waals surface area (Å²) in [7, 11) is 0. The zero-order chi connectivity index (χ0) is 14.1. The van der Waals surface area contributed by atoms with Crippen molar-refractivity contribution in [2.45, 2.75) is 32.4 Å². The Labute approximate surface area is 120 Å². The van der Waals surface area contributed by atoms with Gasteiger partial charge >= 0.3 is 0 Å². The van der Waals surface area contributed by atoms with Gasteiger partial charge in [-0.25, -0.2) is 0 Å². The minimum atomic E-state index is 0.197. The highest BCUT2D eigenvalue weighted by Crippen LogP contribution is 2.31. The molecule has 1 saturated heterocycles. The van der Waals surface area contributed by atoms with E-state index in [1.165, 1.54) is 5.39 Å². The molecular formula is C17H23N3. The van der Waals surface area contributed by atoms with Crippen LogP contribution >= 0.6 is 0 Å². The summed E-state index contributed by atoms with van der Waals surface area (Å²) in [6, 6.07) is 13.0. The zero-order valence-electron chi connectivity index (χ0n) is 12.3. The summed E-state index contributed by atoms with van der Waals surface area (Å²) in [5, 5.41) is 1.19. The summed E-state index contributed by atoms with van der Waals surface area (Å²) in [4.78, 5) is 7.34. The molecule has 0 bridgehead atoms. The first-order valence-electron chi connectivity index (χ1n) is 7.50. The molecule has 0 aliphatic carbocycles. The number of benzene rings is 1. The number of likely N-dealkylation sites (tertiary alicyclic amines) is 1. The van der Waals surface area contributed by atoms with E-state index in [0.717, 1.165) is 30.7 Å². The zero-order valence-corrected chi connectivity index (χ0v) is 12.3. The maximum Gasteiger partial charge on any atom is 0.0706 e. The first kappa shape index (κ1) is 13.5. The van der Waals surface area contributed by atoms with Crippen LogP contribution in [0.25, 0.3) is 10.9 Å². The topological polar surface area (TPSA) is 42.1 Å². The number of pyridine rings is 1. The Hall–Kier alpha value is -1.45. The maximum atomic E-state index is 6.34. The van der Waals surface area contributed by atoms with Crippen LogP contribution in [0.15, 0.2) is 36.4 Å². The molecule has 1 aromatic carbocycles. The summed E-state index contributed by atoms with van der Waals surface area (Å²) in [6.07, 6.45) is 1.06. The van der Waals surface area contributed by atoms with E-state index in [9.17, 15) is 0 Å². The van der Waals surface area contributed by atoms with Gasteiger partial charge in [-0.05, 0) is 24.5 Å². The van der Waals surface area contributed by atoms with Crippen LogP contribution in [0.1, 0.15) is 32.0 Å². The molecule has 106 valence electrons. The quantitative estimate of drug-likeness (QED) is 0.931. The summed E-state index contributed by atoms with van der Waals surface area (Å²) in [5.74, 6) is 0.656. The summed E-state index contributed by atoms with van der Waals surface area (Å²) in [5.41, 5.74) is 8.52. The average molecular weight is 269 g/mol. The fourth-order valence-electron chi connectivity index (χ4n) is 3.21. The molecule has 3 heteroatoms. The van der Waals surface area contributed by atoms with Crippen LogP contribution in [-0.2, 0) is 0 Å². The highest BCUT2D eigenvalue weighted by molar-refractivity contribution is 5.78. The highest BCUT2D eigenvalue weighted by Gasteiger charge is 2.33. The van der Waals surface area contributed by atoms with Crippen molar-refractivity contribution in [3.05, 3.63) is 42.1 Å². The second-order valence-corrected chi connectivity index (χ2v) is 6.21. The Bertz CT molecular complexity index is 594. The SMILES string of the molecule is CC(C)CN1CCC(N)C1c1ccc2ccccc2n1. The molecule has 3 rings (SSSR count). The van der Waals surface area contributed by atoms with Crippen LogP contribution in [0.5, 0.6) is 0 Å². The van der Waals surface area contributed by atoms with Crippen LogP contribution in [0.3, 0.4) is 0 Å². The summed E-state index contributed by atoms with van der Waals surface area (Å²) >= 11 is 0. The first-order valence-corrected chi connectivity index (χ1v) is 7.50. The molecule has 1 fully saturated rings. The van der Waals surface area contributed by atoms with Gasteiger partial charge < -0.3 is 5.73 Å². The lowest BCUT2D eigenvalue weighted by atomic mass is 10.0. The van der Waals surface area contributed by atoms with Crippen molar-refractivity contribution in [1.29, 1.82) is 0 Å². The van der Waals surface area contributed by atoms with Gasteiger partial charge in [0.05, 0.1) is 17.3 Å². The standard InChI is InChI=1S/C17H23N3/c1-12(2)11-20-10-9-14(18)17(20)16-8-7-13-5-3-4-6-15(13)19-16/h3-8,12,14,17H,9-11,18H2,1-2H3. The van der Waals surface area contributed by atoms with Gasteiger partial charge in [0.25, 0.3) is 0 Å². The molecule has 1 aliphatic rings. The Kier molecular flexibility index (Phi) is 3.72. The molecule has 1 aliphatic heterocycles. The monoisotopic (exact) mass is 269 g/mol. The predicted octanol–water partition coefficient (Wildman–Crippen LogP) is 2.96. The van der Waals surface area contributed by atoms with E-state index in [1.807, 2.05) is 6.07 Å². The number of hydrogen-bond acceptors (Lipinski definition) is 3. The van der Waals surface area contributed by atoms with Crippen LogP contribution in [-0.4, -0.2) is 29.0 Å². The van der Waals surface area contributed by atoms with Crippen molar-refractivity contribution in [3.8, 4) is 0 Å². The van der Waals surface area contributed by atoms with Crippen molar-refractivity contribution in [2.24, 2.45) is 11.7 Å². The molecule has 20 heavy (non-hydrogen) atoms. The fourth-order valence-corrected chi connectivity index (χ4v) is 3.21. The van der Waals surface area contributed by atoms with Gasteiger partial charge in [0.2, 0.25) is 0 Å². The third-order valence-corrected chi connectivity index (χ3v) is 4.07. The summed E-state index contributed by atoms with van der Waals surface area (Å²) < 4.78 is 0. The Morgan fingerprint density at radius 1 is 1.25 bits per heavy atom. The third-order valence-electron chi connectivity index (χ3n) is 4.07. The smallest absolute Gasteiger partial charge is 0.0706 e. The van der Waals surface area contributed by atoms with Gasteiger partial charge in [-0.3, -0.25) is 9.88 Å². The van der Waals surface area contributed by atoms with Crippen molar-refractivity contribution in [1.82, 2.24) is 9.88 Å². The van der Waals surface area contributed by atoms with Gasteiger partial charge in [-0.2, -0.15) is 0 Å². The van der Waals surface area contributed by atoms with Crippen molar-refractivity contribution in [2.75, 3.05) is 13.1 Å². The molecule has 0 radical (unpaired) electrons. The van der Waals surface area contributed by atoms with Gasteiger partial charge in [0, 0.05) is 24.5 Å². The summed E-state index contributed by atoms with van der Waals surface area (Å²) in [6.45, 7) is 6.69. The number of fused-ring (bicyclic) bond motifs is 1. The van der Waals surface area contributed by atoms with E-state index < -0.39 is 0 Å². The van der Waals surface area contributed by atoms with Crippen molar-refractivity contribution < 1.29 is 0 Å². The Morgan fingerprint density at radius 3 is 2.85 bits per heavy atom. The van der Waals surface area contributed by atoms with E-state index in [4.69, 9.17) is 10.7 Å². The van der Waals surface area contributed by atoms with Gasteiger partial charge in [0.1, 0.15) is 0 Å². The Balaban J connectivity index is 1.95. The number of nitrogens with two attached hydrogens (primary N) is 1.